The van der Waals surface area contributed by atoms with Crippen LogP contribution in [0.4, 0.5) is 17.3 Å². The van der Waals surface area contributed by atoms with Crippen LogP contribution in [0.1, 0.15) is 65.2 Å². The first-order valence-corrected chi connectivity index (χ1v) is 5.79. The Balaban J connectivity index is -0.000000242. The minimum absolute atomic E-state index is 0. The van der Waals surface area contributed by atoms with E-state index >= 15 is 0 Å². The van der Waals surface area contributed by atoms with Crippen LogP contribution in [0, 0.1) is 0 Å². The second-order valence-corrected chi connectivity index (χ2v) is 3.62. The lowest BCUT2D eigenvalue weighted by molar-refractivity contribution is 0.368. The maximum absolute atomic E-state index is 9.75. The minimum atomic E-state index is -6.00. The molecular formula is C10H26BF4N. The average molecular weight is 247 g/mol. The molecule has 0 radical (unpaired) electrons. The van der Waals surface area contributed by atoms with Crippen molar-refractivity contribution < 1.29 is 17.3 Å². The summed E-state index contributed by atoms with van der Waals surface area (Å²) in [6.45, 7) is 4.54. The summed E-state index contributed by atoms with van der Waals surface area (Å²) in [4.78, 5) is 0. The Morgan fingerprint density at radius 2 is 0.812 bits per heavy atom. The summed E-state index contributed by atoms with van der Waals surface area (Å²) in [6.07, 6.45) is 11.5. The lowest BCUT2D eigenvalue weighted by Gasteiger charge is -1.97. The third kappa shape index (κ3) is 49.1. The van der Waals surface area contributed by atoms with E-state index in [9.17, 15) is 17.3 Å². The molecule has 4 N–H and O–H groups in total. The average Bonchev–Trinajstić information content (AvgIpc) is 2.08. The van der Waals surface area contributed by atoms with E-state index in [0.717, 1.165) is 0 Å². The van der Waals surface area contributed by atoms with Crippen molar-refractivity contribution >= 4 is 7.25 Å². The Labute approximate surface area is 96.7 Å². The maximum Gasteiger partial charge on any atom is 0.673 e. The highest BCUT2D eigenvalue weighted by Gasteiger charge is 2.20. The lowest BCUT2D eigenvalue weighted by atomic mass is 10.1. The quantitative estimate of drug-likeness (QED) is 0.334. The van der Waals surface area contributed by atoms with Gasteiger partial charge in [-0.05, 0) is 0 Å². The molecule has 0 spiro atoms. The van der Waals surface area contributed by atoms with E-state index in [1.54, 1.807) is 0 Å². The number of hydrogen-bond acceptors (Lipinski definition) is 0. The van der Waals surface area contributed by atoms with Crippen molar-refractivity contribution in [3.63, 3.8) is 0 Å². The van der Waals surface area contributed by atoms with Crippen LogP contribution < -0.4 is 6.15 Å². The van der Waals surface area contributed by atoms with Crippen LogP contribution in [-0.2, 0) is 0 Å². The molecule has 102 valence electrons. The van der Waals surface area contributed by atoms with E-state index in [4.69, 9.17) is 0 Å². The molecule has 0 bridgehead atoms. The summed E-state index contributed by atoms with van der Waals surface area (Å²) in [5.74, 6) is 0. The topological polar surface area (TPSA) is 36.5 Å². The van der Waals surface area contributed by atoms with Gasteiger partial charge in [-0.2, -0.15) is 0 Å². The molecule has 0 aromatic carbocycles. The summed E-state index contributed by atoms with van der Waals surface area (Å²) < 4.78 is 39.0. The van der Waals surface area contributed by atoms with Crippen molar-refractivity contribution in [3.8, 4) is 0 Å². The molecule has 0 aliphatic carbocycles. The largest absolute Gasteiger partial charge is 0.673 e. The van der Waals surface area contributed by atoms with Gasteiger partial charge >= 0.3 is 7.25 Å². The molecule has 0 unspecified atom stereocenters. The van der Waals surface area contributed by atoms with Gasteiger partial charge in [0.15, 0.2) is 0 Å². The monoisotopic (exact) mass is 247 g/mol. The molecule has 0 aromatic rings. The molecule has 16 heavy (non-hydrogen) atoms. The molecule has 1 nitrogen and oxygen atoms in total. The highest BCUT2D eigenvalue weighted by molar-refractivity contribution is 6.50. The second-order valence-electron chi connectivity index (χ2n) is 3.62. The standard InChI is InChI=1S/C10H22.BF4.H3N/c1-3-5-7-9-10-8-6-4-2;2-1(3,4)5;/h3-10H2,1-2H3;;1H3/q;-1;/p+1. The molecule has 0 atom stereocenters. The molecule has 0 saturated carbocycles. The third-order valence-corrected chi connectivity index (χ3v) is 1.96. The fraction of sp³-hybridized carbons (Fsp3) is 1.00. The minimum Gasteiger partial charge on any atom is -0.418 e. The van der Waals surface area contributed by atoms with Crippen LogP contribution in [0.2, 0.25) is 0 Å². The van der Waals surface area contributed by atoms with Crippen molar-refractivity contribution in [3.05, 3.63) is 0 Å². The molecule has 6 heteroatoms. The van der Waals surface area contributed by atoms with Gasteiger partial charge in [-0.3, -0.25) is 0 Å². The predicted octanol–water partition coefficient (Wildman–Crippen LogP) is 5.82. The SMILES string of the molecule is CCCCCCCCCC.F[B-](F)(F)F.[NH4+]. The third-order valence-electron chi connectivity index (χ3n) is 1.96. The summed E-state index contributed by atoms with van der Waals surface area (Å²) >= 11 is 0. The van der Waals surface area contributed by atoms with E-state index < -0.39 is 7.25 Å². The Morgan fingerprint density at radius 1 is 0.625 bits per heavy atom. The molecule has 0 aliphatic rings. The second kappa shape index (κ2) is 14.7. The maximum atomic E-state index is 9.75. The zero-order chi connectivity index (χ0) is 12.2. The summed E-state index contributed by atoms with van der Waals surface area (Å²) in [5.41, 5.74) is 0. The van der Waals surface area contributed by atoms with Gasteiger partial charge in [0.1, 0.15) is 0 Å². The molecule has 0 aromatic heterocycles. The molecule has 0 saturated heterocycles. The van der Waals surface area contributed by atoms with E-state index in [1.165, 1.54) is 51.4 Å². The molecule has 0 aliphatic heterocycles. The van der Waals surface area contributed by atoms with E-state index in [1.807, 2.05) is 0 Å². The van der Waals surface area contributed by atoms with Crippen LogP contribution in [0.5, 0.6) is 0 Å². The normalized spacial score (nSPS) is 10.1. The number of unbranched alkanes of at least 4 members (excludes halogenated alkanes) is 7. The molecule has 0 rings (SSSR count). The molecule has 0 heterocycles. The Hall–Kier alpha value is -0.255. The number of rotatable bonds is 7. The van der Waals surface area contributed by atoms with Crippen LogP contribution in [-0.4, -0.2) is 7.25 Å². The van der Waals surface area contributed by atoms with Crippen molar-refractivity contribution in [1.82, 2.24) is 6.15 Å². The van der Waals surface area contributed by atoms with Gasteiger partial charge in [0, 0.05) is 0 Å². The fourth-order valence-electron chi connectivity index (χ4n) is 1.21. The van der Waals surface area contributed by atoms with Crippen LogP contribution >= 0.6 is 0 Å². The van der Waals surface area contributed by atoms with Crippen molar-refractivity contribution in [2.75, 3.05) is 0 Å². The van der Waals surface area contributed by atoms with Crippen LogP contribution in [0.15, 0.2) is 0 Å². The van der Waals surface area contributed by atoms with Gasteiger partial charge in [-0.25, -0.2) is 0 Å². The van der Waals surface area contributed by atoms with Gasteiger partial charge < -0.3 is 23.4 Å². The van der Waals surface area contributed by atoms with Crippen molar-refractivity contribution in [2.24, 2.45) is 0 Å². The summed E-state index contributed by atoms with van der Waals surface area (Å²) in [7, 11) is -6.00. The summed E-state index contributed by atoms with van der Waals surface area (Å²) in [5, 5.41) is 0. The summed E-state index contributed by atoms with van der Waals surface area (Å²) in [6, 6.07) is 0. The lowest BCUT2D eigenvalue weighted by Crippen LogP contribution is -2.02. The number of hydrogen-bond donors (Lipinski definition) is 1. The van der Waals surface area contributed by atoms with Gasteiger partial charge in [-0.1, -0.05) is 65.2 Å². The highest BCUT2D eigenvalue weighted by Crippen LogP contribution is 2.07. The zero-order valence-electron chi connectivity index (χ0n) is 10.7. The van der Waals surface area contributed by atoms with Crippen LogP contribution in [0.3, 0.4) is 0 Å². The zero-order valence-corrected chi connectivity index (χ0v) is 10.7. The van der Waals surface area contributed by atoms with Crippen molar-refractivity contribution in [1.29, 1.82) is 0 Å². The predicted molar refractivity (Wildman–Crippen MR) is 64.5 cm³/mol. The molecule has 0 amide bonds. The van der Waals surface area contributed by atoms with E-state index in [2.05, 4.69) is 13.8 Å². The smallest absolute Gasteiger partial charge is 0.418 e. The van der Waals surface area contributed by atoms with E-state index in [-0.39, 0.29) is 6.15 Å². The van der Waals surface area contributed by atoms with Gasteiger partial charge in [-0.15, -0.1) is 0 Å². The number of quaternary nitrogens is 1. The number of halogens is 4. The Bertz CT molecular complexity index is 106. The molecular weight excluding hydrogens is 221 g/mol. The van der Waals surface area contributed by atoms with Gasteiger partial charge in [0.2, 0.25) is 0 Å². The van der Waals surface area contributed by atoms with Crippen LogP contribution in [0.25, 0.3) is 0 Å². The Kier molecular flexibility index (Phi) is 19.4. The Morgan fingerprint density at radius 3 is 1.00 bits per heavy atom. The van der Waals surface area contributed by atoms with Crippen molar-refractivity contribution in [2.45, 2.75) is 65.2 Å². The van der Waals surface area contributed by atoms with Gasteiger partial charge in [0.05, 0.1) is 0 Å². The first kappa shape index (κ1) is 21.1. The molecule has 0 fully saturated rings. The highest BCUT2D eigenvalue weighted by atomic mass is 19.5. The van der Waals surface area contributed by atoms with E-state index in [0.29, 0.717) is 0 Å². The van der Waals surface area contributed by atoms with Gasteiger partial charge in [0.25, 0.3) is 0 Å². The first-order chi connectivity index (χ1) is 6.91. The fourth-order valence-corrected chi connectivity index (χ4v) is 1.21. The first-order valence-electron chi connectivity index (χ1n) is 5.79.